The monoisotopic (exact) mass is 480 g/mol. The van der Waals surface area contributed by atoms with E-state index in [1.165, 1.54) is 0 Å². The van der Waals surface area contributed by atoms with Gasteiger partial charge in [0.25, 0.3) is 0 Å². The molecule has 8 nitrogen and oxygen atoms in total. The molecule has 2 heterocycles. The van der Waals surface area contributed by atoms with Gasteiger partial charge in [0.1, 0.15) is 6.61 Å². The summed E-state index contributed by atoms with van der Waals surface area (Å²) in [4.78, 5) is 34.0. The minimum absolute atomic E-state index is 0.00260. The first-order chi connectivity index (χ1) is 17.0. The Morgan fingerprint density at radius 3 is 2.06 bits per heavy atom. The van der Waals surface area contributed by atoms with Crippen LogP contribution in [0.2, 0.25) is 0 Å². The number of aliphatic hydroxyl groups is 1. The number of hydrogen-bond acceptors (Lipinski definition) is 6. The SMILES string of the molecule is Cc1ccc(N(Cc2ccc(C(=O)CO)cc2)C(=O)N2CCN(CCN3CCOCC3)CC2)cc1. The molecule has 0 bridgehead atoms. The van der Waals surface area contributed by atoms with Crippen LogP contribution >= 0.6 is 0 Å². The molecule has 0 aromatic heterocycles. The van der Waals surface area contributed by atoms with Gasteiger partial charge in [0.15, 0.2) is 5.78 Å². The zero-order valence-corrected chi connectivity index (χ0v) is 20.6. The van der Waals surface area contributed by atoms with Crippen molar-refractivity contribution < 1.29 is 19.4 Å². The number of benzene rings is 2. The lowest BCUT2D eigenvalue weighted by molar-refractivity contribution is 0.0310. The topological polar surface area (TPSA) is 76.6 Å². The third-order valence-corrected chi connectivity index (χ3v) is 6.82. The van der Waals surface area contributed by atoms with E-state index in [0.717, 1.165) is 69.3 Å². The summed E-state index contributed by atoms with van der Waals surface area (Å²) in [5.74, 6) is -0.311. The number of Topliss-reactive ketones (excluding diaryl/α,β-unsaturated/α-hetero) is 1. The average molecular weight is 481 g/mol. The number of ether oxygens (including phenoxy) is 1. The number of carbonyl (C=O) groups is 2. The van der Waals surface area contributed by atoms with Crippen molar-refractivity contribution in [1.29, 1.82) is 0 Å². The first kappa shape index (κ1) is 25.3. The number of carbonyl (C=O) groups excluding carboxylic acids is 2. The van der Waals surface area contributed by atoms with Gasteiger partial charge in [-0.25, -0.2) is 4.79 Å². The number of hydrogen-bond donors (Lipinski definition) is 1. The van der Waals surface area contributed by atoms with Crippen LogP contribution < -0.4 is 4.90 Å². The number of rotatable bonds is 8. The number of morpholine rings is 1. The van der Waals surface area contributed by atoms with Gasteiger partial charge in [-0.2, -0.15) is 0 Å². The van der Waals surface area contributed by atoms with Crippen LogP contribution in [0.1, 0.15) is 21.5 Å². The van der Waals surface area contributed by atoms with Gasteiger partial charge in [0, 0.05) is 63.6 Å². The Bertz CT molecular complexity index is 966. The van der Waals surface area contributed by atoms with Crippen LogP contribution in [0.3, 0.4) is 0 Å². The highest BCUT2D eigenvalue weighted by atomic mass is 16.5. The van der Waals surface area contributed by atoms with Gasteiger partial charge in [-0.05, 0) is 24.6 Å². The maximum Gasteiger partial charge on any atom is 0.324 e. The highest BCUT2D eigenvalue weighted by Crippen LogP contribution is 2.21. The molecular weight excluding hydrogens is 444 g/mol. The Labute approximate surface area is 207 Å². The number of aliphatic hydroxyl groups excluding tert-OH is 1. The van der Waals surface area contributed by atoms with Crippen LogP contribution in [-0.4, -0.2) is 104 Å². The number of piperazine rings is 1. The van der Waals surface area contributed by atoms with Crippen molar-refractivity contribution in [3.8, 4) is 0 Å². The van der Waals surface area contributed by atoms with Gasteiger partial charge in [-0.1, -0.05) is 42.0 Å². The lowest BCUT2D eigenvalue weighted by atomic mass is 10.1. The van der Waals surface area contributed by atoms with Crippen LogP contribution in [0, 0.1) is 6.92 Å². The Morgan fingerprint density at radius 1 is 0.857 bits per heavy atom. The van der Waals surface area contributed by atoms with Crippen molar-refractivity contribution in [3.63, 3.8) is 0 Å². The number of nitrogens with zero attached hydrogens (tertiary/aromatic N) is 4. The van der Waals surface area contributed by atoms with Crippen LogP contribution in [0.4, 0.5) is 10.5 Å². The zero-order chi connectivity index (χ0) is 24.6. The Morgan fingerprint density at radius 2 is 1.46 bits per heavy atom. The van der Waals surface area contributed by atoms with E-state index in [4.69, 9.17) is 9.84 Å². The fraction of sp³-hybridized carbons (Fsp3) is 0.481. The summed E-state index contributed by atoms with van der Waals surface area (Å²) in [6.07, 6.45) is 0. The fourth-order valence-electron chi connectivity index (χ4n) is 4.51. The smallest absolute Gasteiger partial charge is 0.324 e. The van der Waals surface area contributed by atoms with E-state index in [-0.39, 0.29) is 11.8 Å². The van der Waals surface area contributed by atoms with E-state index < -0.39 is 6.61 Å². The van der Waals surface area contributed by atoms with E-state index in [0.29, 0.717) is 25.2 Å². The molecule has 2 amide bonds. The molecule has 0 atom stereocenters. The van der Waals surface area contributed by atoms with Gasteiger partial charge in [0.2, 0.25) is 0 Å². The van der Waals surface area contributed by atoms with Gasteiger partial charge < -0.3 is 14.7 Å². The quantitative estimate of drug-likeness (QED) is 0.584. The van der Waals surface area contributed by atoms with Gasteiger partial charge in [-0.3, -0.25) is 19.5 Å². The molecule has 2 saturated heterocycles. The van der Waals surface area contributed by atoms with E-state index in [9.17, 15) is 9.59 Å². The van der Waals surface area contributed by atoms with Crippen molar-refractivity contribution in [3.05, 3.63) is 65.2 Å². The maximum absolute atomic E-state index is 13.6. The number of anilines is 1. The van der Waals surface area contributed by atoms with E-state index in [2.05, 4.69) is 9.80 Å². The maximum atomic E-state index is 13.6. The molecule has 1 N–H and O–H groups in total. The Balaban J connectivity index is 1.39. The molecule has 0 spiro atoms. The lowest BCUT2D eigenvalue weighted by Crippen LogP contribution is -2.54. The molecule has 2 fully saturated rings. The predicted octanol–water partition coefficient (Wildman–Crippen LogP) is 2.25. The molecule has 0 aliphatic carbocycles. The molecule has 8 heteroatoms. The molecule has 4 rings (SSSR count). The van der Waals surface area contributed by atoms with Crippen molar-refractivity contribution >= 4 is 17.5 Å². The minimum atomic E-state index is -0.508. The van der Waals surface area contributed by atoms with Gasteiger partial charge in [0.05, 0.1) is 19.8 Å². The van der Waals surface area contributed by atoms with E-state index >= 15 is 0 Å². The molecule has 2 aliphatic rings. The summed E-state index contributed by atoms with van der Waals surface area (Å²) in [5, 5.41) is 9.09. The normalized spacial score (nSPS) is 17.4. The lowest BCUT2D eigenvalue weighted by Gasteiger charge is -2.38. The van der Waals surface area contributed by atoms with Crippen LogP contribution in [0.25, 0.3) is 0 Å². The van der Waals surface area contributed by atoms with Crippen LogP contribution in [0.5, 0.6) is 0 Å². The molecule has 2 aromatic carbocycles. The number of urea groups is 1. The van der Waals surface area contributed by atoms with Crippen LogP contribution in [0.15, 0.2) is 48.5 Å². The van der Waals surface area contributed by atoms with E-state index in [1.807, 2.05) is 53.1 Å². The second-order valence-electron chi connectivity index (χ2n) is 9.27. The summed E-state index contributed by atoms with van der Waals surface area (Å²) in [6.45, 7) is 10.8. The third kappa shape index (κ3) is 6.89. The second-order valence-corrected chi connectivity index (χ2v) is 9.27. The predicted molar refractivity (Wildman–Crippen MR) is 136 cm³/mol. The summed E-state index contributed by atoms with van der Waals surface area (Å²) in [7, 11) is 0. The molecule has 0 radical (unpaired) electrons. The molecule has 0 unspecified atom stereocenters. The van der Waals surface area contributed by atoms with Crippen molar-refractivity contribution in [2.24, 2.45) is 0 Å². The minimum Gasteiger partial charge on any atom is -0.388 e. The molecule has 35 heavy (non-hydrogen) atoms. The van der Waals surface area contributed by atoms with Crippen molar-refractivity contribution in [2.75, 3.05) is 77.1 Å². The Hall–Kier alpha value is -2.78. The average Bonchev–Trinajstić information content (AvgIpc) is 2.91. The number of amides is 2. The summed E-state index contributed by atoms with van der Waals surface area (Å²) < 4.78 is 5.43. The molecule has 2 aromatic rings. The third-order valence-electron chi connectivity index (χ3n) is 6.82. The van der Waals surface area contributed by atoms with Crippen molar-refractivity contribution in [1.82, 2.24) is 14.7 Å². The fourth-order valence-corrected chi connectivity index (χ4v) is 4.51. The summed E-state index contributed by atoms with van der Waals surface area (Å²) in [5.41, 5.74) is 3.39. The number of aryl methyl sites for hydroxylation is 1. The van der Waals surface area contributed by atoms with Crippen molar-refractivity contribution in [2.45, 2.75) is 13.5 Å². The van der Waals surface area contributed by atoms with Gasteiger partial charge >= 0.3 is 6.03 Å². The molecular formula is C27H36N4O4. The zero-order valence-electron chi connectivity index (χ0n) is 20.6. The highest BCUT2D eigenvalue weighted by Gasteiger charge is 2.27. The summed E-state index contributed by atoms with van der Waals surface area (Å²) in [6, 6.07) is 15.1. The largest absolute Gasteiger partial charge is 0.388 e. The summed E-state index contributed by atoms with van der Waals surface area (Å²) >= 11 is 0. The second kappa shape index (κ2) is 12.3. The molecule has 0 saturated carbocycles. The van der Waals surface area contributed by atoms with Gasteiger partial charge in [-0.15, -0.1) is 0 Å². The Kier molecular flexibility index (Phi) is 8.87. The number of ketones is 1. The standard InChI is InChI=1S/C27H36N4O4/c1-22-2-8-25(9-3-22)31(20-23-4-6-24(7-5-23)26(33)21-32)27(34)30-14-12-28(13-15-30)10-11-29-16-18-35-19-17-29/h2-9,32H,10-21H2,1H3. The first-order valence-electron chi connectivity index (χ1n) is 12.4. The first-order valence-corrected chi connectivity index (χ1v) is 12.4. The van der Waals surface area contributed by atoms with Crippen LogP contribution in [-0.2, 0) is 11.3 Å². The highest BCUT2D eigenvalue weighted by molar-refractivity contribution is 5.97. The van der Waals surface area contributed by atoms with E-state index in [1.54, 1.807) is 12.1 Å². The molecule has 2 aliphatic heterocycles. The molecule has 188 valence electrons.